The van der Waals surface area contributed by atoms with Crippen molar-refractivity contribution < 1.29 is 27.4 Å². The zero-order valence-electron chi connectivity index (χ0n) is 16.3. The van der Waals surface area contributed by atoms with Crippen molar-refractivity contribution >= 4 is 16.1 Å². The molecule has 9 nitrogen and oxygen atoms in total. The van der Waals surface area contributed by atoms with Crippen LogP contribution in [0, 0.1) is 5.92 Å². The van der Waals surface area contributed by atoms with E-state index in [2.05, 4.69) is 5.32 Å². The van der Waals surface area contributed by atoms with E-state index in [-0.39, 0.29) is 24.5 Å². The molecule has 4 aliphatic rings. The topological polar surface area (TPSA) is 97.4 Å². The molecule has 0 radical (unpaired) electrons. The van der Waals surface area contributed by atoms with Gasteiger partial charge in [-0.15, -0.1) is 0 Å². The molecular weight excluding hydrogens is 386 g/mol. The van der Waals surface area contributed by atoms with Gasteiger partial charge in [0.1, 0.15) is 0 Å². The molecule has 4 fully saturated rings. The number of nitrogens with zero attached hydrogens (tertiary/aromatic N) is 2. The molecule has 0 unspecified atom stereocenters. The van der Waals surface area contributed by atoms with E-state index in [0.717, 1.165) is 19.4 Å². The van der Waals surface area contributed by atoms with Gasteiger partial charge >= 0.3 is 0 Å². The van der Waals surface area contributed by atoms with Crippen molar-refractivity contribution in [2.45, 2.75) is 50.4 Å². The Labute approximate surface area is 166 Å². The highest BCUT2D eigenvalue weighted by Gasteiger charge is 2.44. The SMILES string of the molecule is O=C(NC[C@H]1CCCO1)[C@H]1CCCN(S(=O)(=O)N2CCC3(CC2)OCCO3)C1. The van der Waals surface area contributed by atoms with Crippen molar-refractivity contribution in [2.75, 3.05) is 52.5 Å². The van der Waals surface area contributed by atoms with E-state index in [4.69, 9.17) is 14.2 Å². The molecule has 1 amide bonds. The second-order valence-corrected chi connectivity index (χ2v) is 10.0. The quantitative estimate of drug-likeness (QED) is 0.680. The second-order valence-electron chi connectivity index (χ2n) is 8.09. The van der Waals surface area contributed by atoms with Crippen molar-refractivity contribution in [3.05, 3.63) is 0 Å². The lowest BCUT2D eigenvalue weighted by atomic mass is 9.99. The number of piperidine rings is 2. The monoisotopic (exact) mass is 417 g/mol. The molecular formula is C18H31N3O6S. The first-order valence-electron chi connectivity index (χ1n) is 10.4. The van der Waals surface area contributed by atoms with Crippen LogP contribution in [0.5, 0.6) is 0 Å². The number of ether oxygens (including phenoxy) is 3. The molecule has 28 heavy (non-hydrogen) atoms. The van der Waals surface area contributed by atoms with E-state index in [1.807, 2.05) is 0 Å². The highest BCUT2D eigenvalue weighted by atomic mass is 32.2. The molecule has 160 valence electrons. The maximum atomic E-state index is 13.1. The molecule has 2 atom stereocenters. The predicted octanol–water partition coefficient (Wildman–Crippen LogP) is 0.0773. The minimum absolute atomic E-state index is 0.0687. The Morgan fingerprint density at radius 3 is 2.43 bits per heavy atom. The predicted molar refractivity (Wildman–Crippen MR) is 101 cm³/mol. The van der Waals surface area contributed by atoms with Crippen molar-refractivity contribution in [3.8, 4) is 0 Å². The van der Waals surface area contributed by atoms with E-state index in [1.54, 1.807) is 0 Å². The van der Waals surface area contributed by atoms with Crippen molar-refractivity contribution in [1.82, 2.24) is 13.9 Å². The van der Waals surface area contributed by atoms with Crippen LogP contribution in [-0.4, -0.2) is 87.4 Å². The largest absolute Gasteiger partial charge is 0.376 e. The molecule has 0 saturated carbocycles. The molecule has 1 spiro atoms. The standard InChI is InChI=1S/C18H31N3O6S/c22-17(19-13-16-4-2-10-25-16)15-3-1-7-21(14-15)28(23,24)20-8-5-18(6-9-20)26-11-12-27-18/h15-16H,1-14H2,(H,19,22)/t15-,16+/m0/s1. The van der Waals surface area contributed by atoms with E-state index in [9.17, 15) is 13.2 Å². The number of carbonyl (C=O) groups is 1. The highest BCUT2D eigenvalue weighted by Crippen LogP contribution is 2.33. The summed E-state index contributed by atoms with van der Waals surface area (Å²) in [4.78, 5) is 12.5. The van der Waals surface area contributed by atoms with E-state index in [0.29, 0.717) is 65.1 Å². The van der Waals surface area contributed by atoms with Crippen LogP contribution in [0.2, 0.25) is 0 Å². The minimum atomic E-state index is -3.58. The van der Waals surface area contributed by atoms with Crippen LogP contribution in [0.15, 0.2) is 0 Å². The lowest BCUT2D eigenvalue weighted by Crippen LogP contribution is -2.54. The molecule has 0 bridgehead atoms. The van der Waals surface area contributed by atoms with Crippen LogP contribution in [0.3, 0.4) is 0 Å². The molecule has 0 aromatic rings. The summed E-state index contributed by atoms with van der Waals surface area (Å²) in [6.45, 7) is 3.88. The van der Waals surface area contributed by atoms with Crippen LogP contribution in [0.1, 0.15) is 38.5 Å². The van der Waals surface area contributed by atoms with Gasteiger partial charge in [-0.2, -0.15) is 17.0 Å². The number of hydrogen-bond acceptors (Lipinski definition) is 6. The lowest BCUT2D eigenvalue weighted by Gasteiger charge is -2.40. The molecule has 0 aromatic carbocycles. The fraction of sp³-hybridized carbons (Fsp3) is 0.944. The van der Waals surface area contributed by atoms with Gasteiger partial charge in [-0.25, -0.2) is 0 Å². The zero-order valence-corrected chi connectivity index (χ0v) is 17.1. The molecule has 4 aliphatic heterocycles. The molecule has 10 heteroatoms. The number of nitrogens with one attached hydrogen (secondary N) is 1. The third-order valence-corrected chi connectivity index (χ3v) is 8.24. The highest BCUT2D eigenvalue weighted by molar-refractivity contribution is 7.86. The van der Waals surface area contributed by atoms with Crippen LogP contribution < -0.4 is 5.32 Å². The van der Waals surface area contributed by atoms with Crippen molar-refractivity contribution in [1.29, 1.82) is 0 Å². The third kappa shape index (κ3) is 4.36. The number of amides is 1. The smallest absolute Gasteiger partial charge is 0.282 e. The summed E-state index contributed by atoms with van der Waals surface area (Å²) in [5.74, 6) is -0.970. The first kappa shape index (κ1) is 20.5. The molecule has 0 aliphatic carbocycles. The summed E-state index contributed by atoms with van der Waals surface area (Å²) in [6.07, 6.45) is 4.60. The normalized spacial score (nSPS) is 32.0. The molecule has 4 rings (SSSR count). The van der Waals surface area contributed by atoms with Gasteiger partial charge in [0.05, 0.1) is 25.2 Å². The summed E-state index contributed by atoms with van der Waals surface area (Å²) in [5.41, 5.74) is 0. The Bertz CT molecular complexity index is 650. The van der Waals surface area contributed by atoms with Gasteiger partial charge in [-0.05, 0) is 25.7 Å². The van der Waals surface area contributed by atoms with Crippen LogP contribution in [0.25, 0.3) is 0 Å². The van der Waals surface area contributed by atoms with Gasteiger partial charge in [0, 0.05) is 52.2 Å². The molecule has 1 N–H and O–H groups in total. The Hall–Kier alpha value is -0.780. The van der Waals surface area contributed by atoms with Crippen LogP contribution in [-0.2, 0) is 29.2 Å². The van der Waals surface area contributed by atoms with E-state index in [1.165, 1.54) is 8.61 Å². The summed E-state index contributed by atoms with van der Waals surface area (Å²) in [6, 6.07) is 0. The zero-order chi connectivity index (χ0) is 19.6. The Kier molecular flexibility index (Phi) is 6.24. The maximum Gasteiger partial charge on any atom is 0.282 e. The third-order valence-electron chi connectivity index (χ3n) is 6.23. The summed E-state index contributed by atoms with van der Waals surface area (Å²) < 4.78 is 46.1. The number of hydrogen-bond donors (Lipinski definition) is 1. The molecule has 4 saturated heterocycles. The van der Waals surface area contributed by atoms with Gasteiger partial charge in [-0.1, -0.05) is 0 Å². The number of rotatable bonds is 5. The lowest BCUT2D eigenvalue weighted by molar-refractivity contribution is -0.179. The maximum absolute atomic E-state index is 13.1. The fourth-order valence-electron chi connectivity index (χ4n) is 4.54. The van der Waals surface area contributed by atoms with Crippen molar-refractivity contribution in [3.63, 3.8) is 0 Å². The summed E-state index contributed by atoms with van der Waals surface area (Å²) in [5, 5.41) is 2.95. The van der Waals surface area contributed by atoms with Crippen LogP contribution in [0.4, 0.5) is 0 Å². The van der Waals surface area contributed by atoms with Gasteiger partial charge in [0.15, 0.2) is 5.79 Å². The Morgan fingerprint density at radius 2 is 1.75 bits per heavy atom. The first-order chi connectivity index (χ1) is 13.5. The van der Waals surface area contributed by atoms with Gasteiger partial charge in [-0.3, -0.25) is 4.79 Å². The average Bonchev–Trinajstić information content (AvgIpc) is 3.39. The van der Waals surface area contributed by atoms with Gasteiger partial charge < -0.3 is 19.5 Å². The van der Waals surface area contributed by atoms with Crippen LogP contribution >= 0.6 is 0 Å². The molecule has 0 aromatic heterocycles. The minimum Gasteiger partial charge on any atom is -0.376 e. The van der Waals surface area contributed by atoms with E-state index >= 15 is 0 Å². The second kappa shape index (κ2) is 8.53. The van der Waals surface area contributed by atoms with Gasteiger partial charge in [0.2, 0.25) is 5.91 Å². The van der Waals surface area contributed by atoms with Crippen molar-refractivity contribution in [2.24, 2.45) is 5.92 Å². The fourth-order valence-corrected chi connectivity index (χ4v) is 6.24. The van der Waals surface area contributed by atoms with E-state index < -0.39 is 16.0 Å². The molecule has 4 heterocycles. The first-order valence-corrected chi connectivity index (χ1v) is 11.8. The summed E-state index contributed by atoms with van der Waals surface area (Å²) in [7, 11) is -3.58. The Balaban J connectivity index is 1.30. The van der Waals surface area contributed by atoms with Gasteiger partial charge in [0.25, 0.3) is 10.2 Å². The number of carbonyl (C=O) groups excluding carboxylic acids is 1. The average molecular weight is 418 g/mol. The summed E-state index contributed by atoms with van der Waals surface area (Å²) >= 11 is 0. The Morgan fingerprint density at radius 1 is 1.00 bits per heavy atom.